The molecule has 3 aliphatic rings. The van der Waals surface area contributed by atoms with Crippen molar-refractivity contribution in [1.82, 2.24) is 29.9 Å². The molecule has 15 heteroatoms. The Labute approximate surface area is 730 Å². The molecule has 591 valence electrons. The summed E-state index contributed by atoms with van der Waals surface area (Å²) < 4.78 is 18.9. The third kappa shape index (κ3) is 20.2. The molecule has 0 spiro atoms. The van der Waals surface area contributed by atoms with E-state index in [2.05, 4.69) is 219 Å². The van der Waals surface area contributed by atoms with Gasteiger partial charge in [-0.05, 0) is 144 Å². The maximum Gasteiger partial charge on any atom is 0.120 e. The molecule has 0 bridgehead atoms. The molecule has 3 aliphatic carbocycles. The minimum absolute atomic E-state index is 0. The fourth-order valence-electron chi connectivity index (χ4n) is 14.4. The Morgan fingerprint density at radius 2 is 0.701 bits per heavy atom. The number of furan rings is 3. The molecule has 3 fully saturated rings. The molecule has 0 N–H and O–H groups in total. The minimum atomic E-state index is -1.53. The van der Waals surface area contributed by atoms with Crippen LogP contribution in [0.2, 0.25) is 58.9 Å². The fourth-order valence-corrected chi connectivity index (χ4v) is 18.7. The minimum Gasteiger partial charge on any atom is -0.501 e. The van der Waals surface area contributed by atoms with Crippen LogP contribution in [0, 0.1) is 36.4 Å². The molecule has 21 rings (SSSR count). The van der Waals surface area contributed by atoms with Crippen LogP contribution in [0.5, 0.6) is 0 Å². The largest absolute Gasteiger partial charge is 0.501 e. The summed E-state index contributed by atoms with van der Waals surface area (Å²) in [4.78, 5) is 26.8. The summed E-state index contributed by atoms with van der Waals surface area (Å²) in [5.41, 5.74) is 21.4. The van der Waals surface area contributed by atoms with E-state index >= 15 is 0 Å². The van der Waals surface area contributed by atoms with Crippen LogP contribution >= 0.6 is 0 Å². The topological polar surface area (TPSA) is 117 Å². The van der Waals surface area contributed by atoms with Crippen LogP contribution in [-0.2, 0) is 60.3 Å². The first-order valence-electron chi connectivity index (χ1n) is 39.6. The zero-order valence-corrected chi connectivity index (χ0v) is 77.3. The Kier molecular flexibility index (Phi) is 27.3. The Hall–Kier alpha value is -10.1. The number of para-hydroxylation sites is 1. The van der Waals surface area contributed by atoms with Crippen LogP contribution in [-0.4, -0.2) is 54.1 Å². The molecule has 9 nitrogen and oxygen atoms in total. The Balaban J connectivity index is 0.000000125. The van der Waals surface area contributed by atoms with Crippen LogP contribution in [0.4, 0.5) is 0 Å². The van der Waals surface area contributed by atoms with Gasteiger partial charge in [0.2, 0.25) is 0 Å². The van der Waals surface area contributed by atoms with Gasteiger partial charge in [-0.25, -0.2) is 0 Å². The molecule has 117 heavy (non-hydrogen) atoms. The van der Waals surface area contributed by atoms with Crippen LogP contribution in [0.25, 0.3) is 133 Å². The Morgan fingerprint density at radius 3 is 1.12 bits per heavy atom. The number of aromatic nitrogens is 6. The van der Waals surface area contributed by atoms with Gasteiger partial charge in [0.15, 0.2) is 0 Å². The van der Waals surface area contributed by atoms with E-state index in [0.717, 1.165) is 124 Å². The van der Waals surface area contributed by atoms with Crippen molar-refractivity contribution < 1.29 is 73.6 Å². The maximum atomic E-state index is 6.31. The van der Waals surface area contributed by atoms with Crippen LogP contribution in [0.15, 0.2) is 305 Å². The standard InChI is InChI=1S/3C23H22NOSi.3C11H8N.3Ir/c1-26(2,3)21-9-5-8-20-22(21)18-7-4-6-17(23(18)25-20)19-13-12-16(14-24-19)15-10-11-15;1-26(2,3)17-10-12-22-20(13-17)18-5-4-6-19(23(18)25-22)21-11-9-16(14-24-21)15-7-8-15;1-26(2,3)21-13-11-17(19-12-10-16(14-24-19)15-8-9-15)23-22(21)18-6-4-5-7-20(18)25-23;3*1-2-6-10(7-3-1)11-8-4-5-9-12-11;;;/h4-5,7-9,12-15H,10-11H2,1-3H3;4-5,9-15H,7-8H2,1-3H3;4-7,10,12-15H,8-9H2,1-3H3;3*1-6,8-9H;;;/q6*-1;;;. The van der Waals surface area contributed by atoms with Gasteiger partial charge in [-0.2, -0.15) is 0 Å². The Morgan fingerprint density at radius 1 is 0.291 bits per heavy atom. The van der Waals surface area contributed by atoms with Gasteiger partial charge in [-0.15, -0.1) is 161 Å². The van der Waals surface area contributed by atoms with Gasteiger partial charge in [-0.1, -0.05) is 217 Å². The molecule has 9 heterocycles. The van der Waals surface area contributed by atoms with E-state index in [-0.39, 0.29) is 60.3 Å². The van der Waals surface area contributed by atoms with E-state index in [1.165, 1.54) is 97.7 Å². The van der Waals surface area contributed by atoms with Crippen molar-refractivity contribution in [2.24, 2.45) is 0 Å². The van der Waals surface area contributed by atoms with E-state index in [1.807, 2.05) is 164 Å². The summed E-state index contributed by atoms with van der Waals surface area (Å²) >= 11 is 0. The van der Waals surface area contributed by atoms with Gasteiger partial charge in [0, 0.05) is 122 Å². The molecule has 3 saturated carbocycles. The smallest absolute Gasteiger partial charge is 0.120 e. The van der Waals surface area contributed by atoms with Crippen LogP contribution in [0.3, 0.4) is 0 Å². The van der Waals surface area contributed by atoms with E-state index in [1.54, 1.807) is 18.6 Å². The number of rotatable bonds is 12. The predicted octanol–water partition coefficient (Wildman–Crippen LogP) is 25.3. The van der Waals surface area contributed by atoms with E-state index in [0.29, 0.717) is 0 Å². The first kappa shape index (κ1) is 84.8. The SMILES string of the molecule is C[Si](C)(C)c1c[c-]c(-c2ccc(C3CC3)cn2)c2oc3ccccc3c12.C[Si](C)(C)c1ccc2oc3c(-c4ccc(C5CC5)cn4)[c-]ccc3c2c1.C[Si](C)(C)c1cccc2oc3c(-c4ccc(C5CC5)cn4)[c-]ccc3c12.[Ir].[Ir].[Ir].[c-]1ccccc1-c1ccccn1.[c-]1ccccc1-c1ccccn1.[c-]1ccccc1-c1ccccn1. The molecule has 9 aromatic heterocycles. The fraction of sp³-hybridized carbons (Fsp3) is 0.176. The third-order valence-corrected chi connectivity index (χ3v) is 27.1. The summed E-state index contributed by atoms with van der Waals surface area (Å²) in [5, 5.41) is 11.6. The van der Waals surface area contributed by atoms with Gasteiger partial charge < -0.3 is 43.2 Å². The number of pyridine rings is 6. The maximum absolute atomic E-state index is 6.31. The summed E-state index contributed by atoms with van der Waals surface area (Å²) in [6.45, 7) is 21.4. The molecule has 18 aromatic rings. The average Bonchev–Trinajstić information content (AvgIpc) is 1.61. The van der Waals surface area contributed by atoms with Crippen LogP contribution in [0.1, 0.15) is 73.0 Å². The number of fused-ring (bicyclic) bond motifs is 9. The van der Waals surface area contributed by atoms with Crippen molar-refractivity contribution in [1.29, 1.82) is 0 Å². The third-order valence-electron chi connectivity index (χ3n) is 21.0. The van der Waals surface area contributed by atoms with Crippen molar-refractivity contribution in [3.05, 3.63) is 345 Å². The van der Waals surface area contributed by atoms with Crippen LogP contribution < -0.4 is 15.6 Å². The normalized spacial score (nSPS) is 13.0. The zero-order chi connectivity index (χ0) is 78.3. The monoisotopic (exact) mass is 2110 g/mol. The quantitative estimate of drug-likeness (QED) is 0.0871. The van der Waals surface area contributed by atoms with Crippen molar-refractivity contribution in [3.8, 4) is 67.5 Å². The molecule has 0 atom stereocenters. The average molecular weight is 2110 g/mol. The second kappa shape index (κ2) is 37.6. The van der Waals surface area contributed by atoms with E-state index in [9.17, 15) is 0 Å². The molecule has 0 saturated heterocycles. The van der Waals surface area contributed by atoms with Gasteiger partial charge in [0.1, 0.15) is 16.7 Å². The Bertz CT molecular complexity index is 6000. The van der Waals surface area contributed by atoms with E-state index < -0.39 is 24.2 Å². The summed E-state index contributed by atoms with van der Waals surface area (Å²) in [6, 6.07) is 106. The first-order valence-corrected chi connectivity index (χ1v) is 50.1. The number of benzene rings is 9. The number of nitrogens with zero attached hydrogens (tertiary/aromatic N) is 6. The molecule has 0 aliphatic heterocycles. The summed E-state index contributed by atoms with van der Waals surface area (Å²) in [5.74, 6) is 2.17. The zero-order valence-electron chi connectivity index (χ0n) is 67.1. The van der Waals surface area contributed by atoms with Crippen molar-refractivity contribution in [2.75, 3.05) is 0 Å². The molecule has 3 radical (unpaired) electrons. The van der Waals surface area contributed by atoms with Crippen molar-refractivity contribution >= 4 is 106 Å². The van der Waals surface area contributed by atoms with Gasteiger partial charge in [0.05, 0.1) is 32.9 Å². The first-order chi connectivity index (χ1) is 55.4. The summed E-state index contributed by atoms with van der Waals surface area (Å²) in [6.07, 6.45) is 19.2. The molecular weight excluding hydrogens is 2020 g/mol. The van der Waals surface area contributed by atoms with Crippen molar-refractivity contribution in [3.63, 3.8) is 0 Å². The summed E-state index contributed by atoms with van der Waals surface area (Å²) in [7, 11) is -4.37. The number of hydrogen-bond donors (Lipinski definition) is 0. The van der Waals surface area contributed by atoms with Gasteiger partial charge >= 0.3 is 0 Å². The van der Waals surface area contributed by atoms with Gasteiger partial charge in [-0.3, -0.25) is 0 Å². The molecule has 9 aromatic carbocycles. The second-order valence-electron chi connectivity index (χ2n) is 32.6. The molecular formula is C102H90Ir3N6O3Si3-6. The predicted molar refractivity (Wildman–Crippen MR) is 478 cm³/mol. The van der Waals surface area contributed by atoms with Crippen molar-refractivity contribution in [2.45, 2.75) is 115 Å². The number of hydrogen-bond acceptors (Lipinski definition) is 9. The molecule has 0 amide bonds. The second-order valence-corrected chi connectivity index (χ2v) is 47.8. The molecule has 0 unspecified atom stereocenters. The van der Waals surface area contributed by atoms with Gasteiger partial charge in [0.25, 0.3) is 0 Å². The van der Waals surface area contributed by atoms with E-state index in [4.69, 9.17) is 28.2 Å².